The molecule has 1 aliphatic rings. The SMILES string of the molecule is CC(C)(C)[Si](C)(C)OCc1ccc(N2CCC[C@@H]2c2csc(N)n2)cc1. The van der Waals surface area contributed by atoms with Crippen LogP contribution in [0.15, 0.2) is 29.6 Å². The van der Waals surface area contributed by atoms with Gasteiger partial charge in [0.25, 0.3) is 0 Å². The molecule has 4 nitrogen and oxygen atoms in total. The van der Waals surface area contributed by atoms with E-state index in [0.717, 1.165) is 18.7 Å². The summed E-state index contributed by atoms with van der Waals surface area (Å²) in [6, 6.07) is 9.19. The van der Waals surface area contributed by atoms with Crippen molar-refractivity contribution in [2.45, 2.75) is 64.4 Å². The van der Waals surface area contributed by atoms with Gasteiger partial charge in [0.05, 0.1) is 18.3 Å². The number of thiazole rings is 1. The molecule has 1 saturated heterocycles. The van der Waals surface area contributed by atoms with Gasteiger partial charge < -0.3 is 15.1 Å². The van der Waals surface area contributed by atoms with Crippen LogP contribution in [0.4, 0.5) is 10.8 Å². The quantitative estimate of drug-likeness (QED) is 0.677. The van der Waals surface area contributed by atoms with E-state index in [1.165, 1.54) is 29.0 Å². The van der Waals surface area contributed by atoms with Crippen LogP contribution < -0.4 is 10.6 Å². The molecular weight excluding hydrogens is 358 g/mol. The number of benzene rings is 1. The molecule has 0 unspecified atom stereocenters. The minimum Gasteiger partial charge on any atom is -0.413 e. The van der Waals surface area contributed by atoms with Gasteiger partial charge in [0, 0.05) is 17.6 Å². The van der Waals surface area contributed by atoms with E-state index in [2.05, 4.69) is 73.4 Å². The third kappa shape index (κ3) is 4.13. The van der Waals surface area contributed by atoms with Crippen LogP contribution >= 0.6 is 11.3 Å². The lowest BCUT2D eigenvalue weighted by Crippen LogP contribution is -2.40. The lowest BCUT2D eigenvalue weighted by atomic mass is 10.1. The van der Waals surface area contributed by atoms with E-state index in [1.54, 1.807) is 0 Å². The van der Waals surface area contributed by atoms with Gasteiger partial charge in [-0.15, -0.1) is 11.3 Å². The third-order valence-corrected chi connectivity index (χ3v) is 11.0. The molecule has 1 aromatic heterocycles. The Morgan fingerprint density at radius 3 is 2.54 bits per heavy atom. The summed E-state index contributed by atoms with van der Waals surface area (Å²) in [4.78, 5) is 6.96. The van der Waals surface area contributed by atoms with E-state index >= 15 is 0 Å². The van der Waals surface area contributed by atoms with Crippen molar-refractivity contribution in [2.75, 3.05) is 17.2 Å². The molecule has 0 spiro atoms. The van der Waals surface area contributed by atoms with Crippen LogP contribution in [0.25, 0.3) is 0 Å². The number of hydrogen-bond acceptors (Lipinski definition) is 5. The lowest BCUT2D eigenvalue weighted by molar-refractivity contribution is 0.276. The van der Waals surface area contributed by atoms with E-state index in [-0.39, 0.29) is 5.04 Å². The fourth-order valence-electron chi connectivity index (χ4n) is 3.10. The van der Waals surface area contributed by atoms with Crippen LogP contribution in [0.3, 0.4) is 0 Å². The molecule has 1 atom stereocenters. The van der Waals surface area contributed by atoms with Crippen molar-refractivity contribution < 1.29 is 4.43 Å². The van der Waals surface area contributed by atoms with Gasteiger partial charge in [0.15, 0.2) is 13.4 Å². The van der Waals surface area contributed by atoms with Crippen molar-refractivity contribution in [3.63, 3.8) is 0 Å². The highest BCUT2D eigenvalue weighted by Crippen LogP contribution is 2.38. The van der Waals surface area contributed by atoms with Crippen molar-refractivity contribution >= 4 is 30.5 Å². The Morgan fingerprint density at radius 2 is 1.96 bits per heavy atom. The van der Waals surface area contributed by atoms with Gasteiger partial charge in [-0.2, -0.15) is 0 Å². The molecule has 0 saturated carbocycles. The highest BCUT2D eigenvalue weighted by molar-refractivity contribution is 7.13. The zero-order chi connectivity index (χ0) is 18.9. The summed E-state index contributed by atoms with van der Waals surface area (Å²) in [5.74, 6) is 0. The molecule has 2 aromatic rings. The Balaban J connectivity index is 1.67. The van der Waals surface area contributed by atoms with E-state index in [1.807, 2.05) is 0 Å². The minimum atomic E-state index is -1.71. The number of nitrogens with two attached hydrogens (primary N) is 1. The number of nitrogens with zero attached hydrogens (tertiary/aromatic N) is 2. The Labute approximate surface area is 162 Å². The largest absolute Gasteiger partial charge is 0.413 e. The number of aromatic nitrogens is 1. The fourth-order valence-corrected chi connectivity index (χ4v) is 4.67. The maximum Gasteiger partial charge on any atom is 0.192 e. The Hall–Kier alpha value is -1.37. The second-order valence-electron chi connectivity index (χ2n) is 8.68. The van der Waals surface area contributed by atoms with Gasteiger partial charge in [0.2, 0.25) is 0 Å². The van der Waals surface area contributed by atoms with Crippen molar-refractivity contribution in [2.24, 2.45) is 0 Å². The molecule has 0 bridgehead atoms. The molecule has 1 fully saturated rings. The van der Waals surface area contributed by atoms with Crippen molar-refractivity contribution in [1.82, 2.24) is 4.98 Å². The predicted octanol–water partition coefficient (Wildman–Crippen LogP) is 5.59. The van der Waals surface area contributed by atoms with Gasteiger partial charge >= 0.3 is 0 Å². The van der Waals surface area contributed by atoms with Gasteiger partial charge in [-0.25, -0.2) is 4.98 Å². The number of hydrogen-bond donors (Lipinski definition) is 1. The molecule has 2 N–H and O–H groups in total. The van der Waals surface area contributed by atoms with Gasteiger partial charge in [-0.05, 0) is 48.7 Å². The smallest absolute Gasteiger partial charge is 0.192 e. The van der Waals surface area contributed by atoms with Crippen molar-refractivity contribution in [3.8, 4) is 0 Å². The number of nitrogen functional groups attached to an aromatic ring is 1. The molecule has 1 aliphatic heterocycles. The van der Waals surface area contributed by atoms with Gasteiger partial charge in [0.1, 0.15) is 0 Å². The van der Waals surface area contributed by atoms with Crippen LogP contribution in [0, 0.1) is 0 Å². The normalized spacial score (nSPS) is 18.5. The molecule has 3 rings (SSSR count). The summed E-state index contributed by atoms with van der Waals surface area (Å²) < 4.78 is 6.34. The molecule has 26 heavy (non-hydrogen) atoms. The highest BCUT2D eigenvalue weighted by Gasteiger charge is 2.37. The minimum absolute atomic E-state index is 0.241. The van der Waals surface area contributed by atoms with E-state index in [9.17, 15) is 0 Å². The summed E-state index contributed by atoms with van der Waals surface area (Å²) >= 11 is 1.53. The highest BCUT2D eigenvalue weighted by atomic mass is 32.1. The summed E-state index contributed by atoms with van der Waals surface area (Å²) in [6.07, 6.45) is 2.33. The Morgan fingerprint density at radius 1 is 1.27 bits per heavy atom. The molecule has 142 valence electrons. The van der Waals surface area contributed by atoms with Gasteiger partial charge in [-0.3, -0.25) is 0 Å². The molecular formula is C20H31N3OSSi. The molecule has 0 aliphatic carbocycles. The predicted molar refractivity (Wildman–Crippen MR) is 114 cm³/mol. The zero-order valence-corrected chi connectivity index (χ0v) is 18.4. The van der Waals surface area contributed by atoms with Crippen LogP contribution in [0.2, 0.25) is 18.1 Å². The second-order valence-corrected chi connectivity index (χ2v) is 14.4. The summed E-state index contributed by atoms with van der Waals surface area (Å²) in [5.41, 5.74) is 9.44. The summed E-state index contributed by atoms with van der Waals surface area (Å²) in [6.45, 7) is 13.2. The second kappa shape index (κ2) is 7.33. The Kier molecular flexibility index (Phi) is 5.47. The third-order valence-electron chi connectivity index (χ3n) is 5.81. The average Bonchev–Trinajstić information content (AvgIpc) is 3.21. The monoisotopic (exact) mass is 389 g/mol. The maximum absolute atomic E-state index is 6.34. The standard InChI is InChI=1S/C20H31N3OSSi/c1-20(2,3)26(4,5)24-13-15-8-10-16(11-9-15)23-12-6-7-18(23)17-14-25-19(21)22-17/h8-11,14,18H,6-7,12-13H2,1-5H3,(H2,21,22)/t18-/m1/s1. The number of rotatable bonds is 5. The first-order chi connectivity index (χ1) is 12.2. The maximum atomic E-state index is 6.34. The van der Waals surface area contributed by atoms with Crippen LogP contribution in [0.5, 0.6) is 0 Å². The zero-order valence-electron chi connectivity index (χ0n) is 16.6. The lowest BCUT2D eigenvalue weighted by Gasteiger charge is -2.36. The first-order valence-electron chi connectivity index (χ1n) is 9.38. The van der Waals surface area contributed by atoms with Crippen molar-refractivity contribution in [1.29, 1.82) is 0 Å². The topological polar surface area (TPSA) is 51.4 Å². The van der Waals surface area contributed by atoms with Crippen molar-refractivity contribution in [3.05, 3.63) is 40.9 Å². The molecule has 2 heterocycles. The first kappa shape index (κ1) is 19.4. The van der Waals surface area contributed by atoms with E-state index in [4.69, 9.17) is 10.2 Å². The van der Waals surface area contributed by atoms with Crippen LogP contribution in [-0.2, 0) is 11.0 Å². The van der Waals surface area contributed by atoms with Crippen LogP contribution in [-0.4, -0.2) is 19.8 Å². The first-order valence-corrected chi connectivity index (χ1v) is 13.2. The molecule has 1 aromatic carbocycles. The molecule has 0 radical (unpaired) electrons. The summed E-state index contributed by atoms with van der Waals surface area (Å²) in [5, 5.41) is 3.00. The van der Waals surface area contributed by atoms with E-state index in [0.29, 0.717) is 17.8 Å². The molecule has 6 heteroatoms. The number of anilines is 2. The average molecular weight is 390 g/mol. The van der Waals surface area contributed by atoms with Gasteiger partial charge in [-0.1, -0.05) is 32.9 Å². The summed E-state index contributed by atoms with van der Waals surface area (Å²) in [7, 11) is -1.71. The fraction of sp³-hybridized carbons (Fsp3) is 0.550. The van der Waals surface area contributed by atoms with Crippen LogP contribution in [0.1, 0.15) is 50.9 Å². The molecule has 0 amide bonds. The van der Waals surface area contributed by atoms with E-state index < -0.39 is 8.32 Å². The Bertz CT molecular complexity index is 736.